The van der Waals surface area contributed by atoms with Crippen LogP contribution in [0.15, 0.2) is 0 Å². The topological polar surface area (TPSA) is 58.0 Å². The lowest BCUT2D eigenvalue weighted by atomic mass is 10.1. The Labute approximate surface area is 94.7 Å². The Morgan fingerprint density at radius 1 is 1.27 bits per heavy atom. The molecule has 0 saturated carbocycles. The minimum Gasteiger partial charge on any atom is -0.394 e. The molecule has 2 N–H and O–H groups in total. The van der Waals surface area contributed by atoms with Crippen molar-refractivity contribution in [2.75, 3.05) is 11.9 Å². The van der Waals surface area contributed by atoms with Crippen LogP contribution in [0.5, 0.6) is 0 Å². The minimum atomic E-state index is -0.458. The van der Waals surface area contributed by atoms with Gasteiger partial charge in [-0.3, -0.25) is 0 Å². The summed E-state index contributed by atoms with van der Waals surface area (Å²) in [6.45, 7) is 7.45. The number of halogens is 1. The third-order valence-electron chi connectivity index (χ3n) is 2.12. The second-order valence-corrected chi connectivity index (χ2v) is 4.56. The van der Waals surface area contributed by atoms with E-state index in [2.05, 4.69) is 15.3 Å². The van der Waals surface area contributed by atoms with E-state index in [1.165, 1.54) is 0 Å². The van der Waals surface area contributed by atoms with Crippen LogP contribution in [-0.4, -0.2) is 27.2 Å². The van der Waals surface area contributed by atoms with Gasteiger partial charge in [0.05, 0.1) is 23.5 Å². The molecule has 0 aliphatic rings. The highest BCUT2D eigenvalue weighted by Crippen LogP contribution is 2.21. The zero-order valence-corrected chi connectivity index (χ0v) is 10.2. The van der Waals surface area contributed by atoms with Crippen molar-refractivity contribution in [2.45, 2.75) is 33.2 Å². The summed E-state index contributed by atoms with van der Waals surface area (Å²) < 4.78 is 0. The molecule has 0 atom stereocenters. The van der Waals surface area contributed by atoms with Crippen LogP contribution in [0.3, 0.4) is 0 Å². The minimum absolute atomic E-state index is 0.00205. The maximum absolute atomic E-state index is 9.12. The summed E-state index contributed by atoms with van der Waals surface area (Å²) in [5.74, 6) is 0.513. The summed E-state index contributed by atoms with van der Waals surface area (Å²) in [7, 11) is 0. The van der Waals surface area contributed by atoms with Gasteiger partial charge in [0.25, 0.3) is 0 Å². The normalized spacial score (nSPS) is 11.6. The molecule has 0 radical (unpaired) electrons. The molecule has 0 unspecified atom stereocenters. The van der Waals surface area contributed by atoms with Crippen LogP contribution in [0, 0.1) is 13.8 Å². The SMILES string of the molecule is Cc1nc(Cl)c(NC(C)(C)CO)nc1C. The van der Waals surface area contributed by atoms with Gasteiger partial charge in [-0.25, -0.2) is 9.97 Å². The second kappa shape index (κ2) is 4.33. The predicted octanol–water partition coefficient (Wildman–Crippen LogP) is 1.93. The van der Waals surface area contributed by atoms with Crippen LogP contribution < -0.4 is 5.32 Å². The Kier molecular flexibility index (Phi) is 3.52. The lowest BCUT2D eigenvalue weighted by molar-refractivity contribution is 0.234. The number of nitrogens with zero attached hydrogens (tertiary/aromatic N) is 2. The molecule has 0 saturated heterocycles. The Bertz CT molecular complexity index is 366. The molecule has 1 heterocycles. The van der Waals surface area contributed by atoms with Crippen LogP contribution in [0.25, 0.3) is 0 Å². The number of anilines is 1. The Morgan fingerprint density at radius 3 is 2.33 bits per heavy atom. The van der Waals surface area contributed by atoms with Gasteiger partial charge < -0.3 is 10.4 Å². The summed E-state index contributed by atoms with van der Waals surface area (Å²) in [5, 5.41) is 12.5. The first-order valence-electron chi connectivity index (χ1n) is 4.75. The number of rotatable bonds is 3. The Morgan fingerprint density at radius 2 is 1.80 bits per heavy atom. The van der Waals surface area contributed by atoms with Gasteiger partial charge in [0.2, 0.25) is 0 Å². The summed E-state index contributed by atoms with van der Waals surface area (Å²) in [5.41, 5.74) is 1.18. The monoisotopic (exact) mass is 229 g/mol. The molecule has 0 aliphatic carbocycles. The summed E-state index contributed by atoms with van der Waals surface area (Å²) >= 11 is 5.95. The molecule has 5 heteroatoms. The van der Waals surface area contributed by atoms with Gasteiger partial charge in [0.15, 0.2) is 11.0 Å². The molecular formula is C10H16ClN3O. The first-order chi connectivity index (χ1) is 6.85. The van der Waals surface area contributed by atoms with Crippen molar-refractivity contribution >= 4 is 17.4 Å². The fourth-order valence-corrected chi connectivity index (χ4v) is 1.23. The molecule has 1 aromatic heterocycles. The van der Waals surface area contributed by atoms with Crippen molar-refractivity contribution < 1.29 is 5.11 Å². The summed E-state index contributed by atoms with van der Waals surface area (Å²) in [4.78, 5) is 8.44. The van der Waals surface area contributed by atoms with Gasteiger partial charge in [0, 0.05) is 0 Å². The van der Waals surface area contributed by atoms with Gasteiger partial charge in [0.1, 0.15) is 0 Å². The van der Waals surface area contributed by atoms with E-state index in [1.807, 2.05) is 27.7 Å². The number of aliphatic hydroxyl groups excluding tert-OH is 1. The maximum atomic E-state index is 9.12. The second-order valence-electron chi connectivity index (χ2n) is 4.20. The molecule has 0 aliphatic heterocycles. The van der Waals surface area contributed by atoms with Gasteiger partial charge in [-0.2, -0.15) is 0 Å². The van der Waals surface area contributed by atoms with E-state index in [4.69, 9.17) is 16.7 Å². The molecule has 0 fully saturated rings. The smallest absolute Gasteiger partial charge is 0.171 e. The van der Waals surface area contributed by atoms with Crippen LogP contribution >= 0.6 is 11.6 Å². The van der Waals surface area contributed by atoms with Gasteiger partial charge in [-0.1, -0.05) is 11.6 Å². The fraction of sp³-hybridized carbons (Fsp3) is 0.600. The van der Waals surface area contributed by atoms with E-state index >= 15 is 0 Å². The van der Waals surface area contributed by atoms with E-state index < -0.39 is 5.54 Å². The largest absolute Gasteiger partial charge is 0.394 e. The van der Waals surface area contributed by atoms with Crippen molar-refractivity contribution in [3.8, 4) is 0 Å². The van der Waals surface area contributed by atoms with Gasteiger partial charge in [-0.05, 0) is 27.7 Å². The first-order valence-corrected chi connectivity index (χ1v) is 5.13. The van der Waals surface area contributed by atoms with Crippen LogP contribution in [0.4, 0.5) is 5.82 Å². The summed E-state index contributed by atoms with van der Waals surface area (Å²) in [6, 6.07) is 0. The van der Waals surface area contributed by atoms with E-state index in [0.717, 1.165) is 11.4 Å². The van der Waals surface area contributed by atoms with Crippen molar-refractivity contribution in [3.05, 3.63) is 16.5 Å². The molecular weight excluding hydrogens is 214 g/mol. The molecule has 4 nitrogen and oxygen atoms in total. The fourth-order valence-electron chi connectivity index (χ4n) is 1.02. The van der Waals surface area contributed by atoms with Crippen molar-refractivity contribution in [1.29, 1.82) is 0 Å². The zero-order chi connectivity index (χ0) is 11.6. The highest BCUT2D eigenvalue weighted by molar-refractivity contribution is 6.31. The third-order valence-corrected chi connectivity index (χ3v) is 2.38. The number of aryl methyl sites for hydroxylation is 2. The van der Waals surface area contributed by atoms with Crippen molar-refractivity contribution in [1.82, 2.24) is 9.97 Å². The third kappa shape index (κ3) is 3.04. The lowest BCUT2D eigenvalue weighted by Gasteiger charge is -2.24. The Hall–Kier alpha value is -0.870. The molecule has 0 bridgehead atoms. The molecule has 1 rings (SSSR count). The van der Waals surface area contributed by atoms with E-state index in [0.29, 0.717) is 11.0 Å². The number of nitrogens with one attached hydrogen (secondary N) is 1. The van der Waals surface area contributed by atoms with Crippen molar-refractivity contribution in [2.24, 2.45) is 0 Å². The standard InChI is InChI=1S/C10H16ClN3O/c1-6-7(2)13-9(8(11)12-6)14-10(3,4)5-15/h15H,5H2,1-4H3,(H,13,14). The van der Waals surface area contributed by atoms with Crippen LogP contribution in [0.1, 0.15) is 25.2 Å². The average molecular weight is 230 g/mol. The quantitative estimate of drug-likeness (QED) is 0.832. The molecule has 0 amide bonds. The number of aromatic nitrogens is 2. The lowest BCUT2D eigenvalue weighted by Crippen LogP contribution is -2.35. The molecule has 15 heavy (non-hydrogen) atoms. The predicted molar refractivity (Wildman–Crippen MR) is 61.3 cm³/mol. The van der Waals surface area contributed by atoms with E-state index in [1.54, 1.807) is 0 Å². The van der Waals surface area contributed by atoms with Crippen LogP contribution in [-0.2, 0) is 0 Å². The average Bonchev–Trinajstić information content (AvgIpc) is 2.14. The number of hydrogen-bond donors (Lipinski definition) is 2. The highest BCUT2D eigenvalue weighted by atomic mass is 35.5. The first kappa shape index (κ1) is 12.2. The Balaban J connectivity index is 3.01. The molecule has 84 valence electrons. The molecule has 1 aromatic rings. The number of hydrogen-bond acceptors (Lipinski definition) is 4. The molecule has 0 spiro atoms. The van der Waals surface area contributed by atoms with E-state index in [9.17, 15) is 0 Å². The maximum Gasteiger partial charge on any atom is 0.171 e. The molecule has 0 aromatic carbocycles. The van der Waals surface area contributed by atoms with E-state index in [-0.39, 0.29) is 6.61 Å². The highest BCUT2D eigenvalue weighted by Gasteiger charge is 2.19. The van der Waals surface area contributed by atoms with Gasteiger partial charge >= 0.3 is 0 Å². The zero-order valence-electron chi connectivity index (χ0n) is 9.43. The number of aliphatic hydroxyl groups is 1. The van der Waals surface area contributed by atoms with Gasteiger partial charge in [-0.15, -0.1) is 0 Å². The summed E-state index contributed by atoms with van der Waals surface area (Å²) in [6.07, 6.45) is 0. The van der Waals surface area contributed by atoms with Crippen molar-refractivity contribution in [3.63, 3.8) is 0 Å². The van der Waals surface area contributed by atoms with Crippen LogP contribution in [0.2, 0.25) is 5.15 Å².